The predicted molar refractivity (Wildman–Crippen MR) is 68.0 cm³/mol. The molecule has 0 aliphatic heterocycles. The van der Waals surface area contributed by atoms with Gasteiger partial charge in [0.05, 0.1) is 0 Å². The average molecular weight is 221 g/mol. The quantitative estimate of drug-likeness (QED) is 0.653. The van der Waals surface area contributed by atoms with Crippen LogP contribution in [0.4, 0.5) is 0 Å². The standard InChI is InChI=1S/C14H23NO/c1-2-3-4-5-9-12-14(16)15-13-10-7-6-8-11-13/h7,10-11H,2-6,8-9,12H2,1H3,(H,15,16). The van der Waals surface area contributed by atoms with Gasteiger partial charge in [-0.05, 0) is 25.3 Å². The molecule has 90 valence electrons. The Bertz CT molecular complexity index is 266. The minimum Gasteiger partial charge on any atom is -0.326 e. The van der Waals surface area contributed by atoms with Crippen molar-refractivity contribution in [2.24, 2.45) is 0 Å². The zero-order chi connectivity index (χ0) is 11.6. The summed E-state index contributed by atoms with van der Waals surface area (Å²) in [6, 6.07) is 0. The number of hydrogen-bond acceptors (Lipinski definition) is 1. The number of allylic oxidation sites excluding steroid dienone is 3. The van der Waals surface area contributed by atoms with Gasteiger partial charge in [-0.3, -0.25) is 4.79 Å². The predicted octanol–water partition coefficient (Wildman–Crippen LogP) is 3.70. The van der Waals surface area contributed by atoms with Crippen molar-refractivity contribution in [1.82, 2.24) is 5.32 Å². The Labute approximate surface area is 98.8 Å². The van der Waals surface area contributed by atoms with Crippen molar-refractivity contribution in [1.29, 1.82) is 0 Å². The lowest BCUT2D eigenvalue weighted by Crippen LogP contribution is -2.21. The van der Waals surface area contributed by atoms with E-state index in [2.05, 4.69) is 24.4 Å². The van der Waals surface area contributed by atoms with Crippen LogP contribution in [-0.4, -0.2) is 5.91 Å². The van der Waals surface area contributed by atoms with Crippen molar-refractivity contribution < 1.29 is 4.79 Å². The molecule has 0 saturated carbocycles. The van der Waals surface area contributed by atoms with E-state index in [0.717, 1.165) is 25.0 Å². The molecule has 0 unspecified atom stereocenters. The first kappa shape index (κ1) is 13.0. The molecule has 0 bridgehead atoms. The lowest BCUT2D eigenvalue weighted by Gasteiger charge is -2.08. The Morgan fingerprint density at radius 3 is 2.75 bits per heavy atom. The Morgan fingerprint density at radius 2 is 2.06 bits per heavy atom. The first-order valence-corrected chi connectivity index (χ1v) is 6.49. The summed E-state index contributed by atoms with van der Waals surface area (Å²) < 4.78 is 0. The molecule has 2 nitrogen and oxygen atoms in total. The molecule has 1 amide bonds. The summed E-state index contributed by atoms with van der Waals surface area (Å²) in [5.41, 5.74) is 0.977. The Balaban J connectivity index is 2.06. The fraction of sp³-hybridized carbons (Fsp3) is 0.643. The van der Waals surface area contributed by atoms with E-state index in [9.17, 15) is 4.79 Å². The second-order valence-corrected chi connectivity index (χ2v) is 4.35. The zero-order valence-corrected chi connectivity index (χ0v) is 10.3. The molecule has 0 aromatic carbocycles. The molecule has 1 aliphatic rings. The van der Waals surface area contributed by atoms with E-state index in [-0.39, 0.29) is 5.91 Å². The molecular formula is C14H23NO. The third-order valence-electron chi connectivity index (χ3n) is 2.79. The summed E-state index contributed by atoms with van der Waals surface area (Å²) in [6.45, 7) is 2.20. The Kier molecular flexibility index (Phi) is 6.62. The van der Waals surface area contributed by atoms with Crippen LogP contribution in [-0.2, 0) is 4.79 Å². The smallest absolute Gasteiger partial charge is 0.224 e. The second kappa shape index (κ2) is 8.14. The van der Waals surface area contributed by atoms with E-state index < -0.39 is 0 Å². The van der Waals surface area contributed by atoms with Gasteiger partial charge in [-0.1, -0.05) is 44.8 Å². The van der Waals surface area contributed by atoms with Crippen molar-refractivity contribution in [2.75, 3.05) is 0 Å². The van der Waals surface area contributed by atoms with E-state index in [4.69, 9.17) is 0 Å². The first-order valence-electron chi connectivity index (χ1n) is 6.49. The average Bonchev–Trinajstić information content (AvgIpc) is 2.30. The first-order chi connectivity index (χ1) is 7.83. The van der Waals surface area contributed by atoms with Crippen LogP contribution in [0.15, 0.2) is 23.9 Å². The van der Waals surface area contributed by atoms with Crippen LogP contribution in [0.5, 0.6) is 0 Å². The van der Waals surface area contributed by atoms with Crippen molar-refractivity contribution in [3.8, 4) is 0 Å². The lowest BCUT2D eigenvalue weighted by atomic mass is 10.1. The highest BCUT2D eigenvalue weighted by molar-refractivity contribution is 5.78. The third-order valence-corrected chi connectivity index (χ3v) is 2.79. The molecule has 0 aromatic heterocycles. The Morgan fingerprint density at radius 1 is 1.25 bits per heavy atom. The van der Waals surface area contributed by atoms with Gasteiger partial charge in [0.25, 0.3) is 0 Å². The minimum atomic E-state index is 0.161. The van der Waals surface area contributed by atoms with Crippen LogP contribution in [0, 0.1) is 0 Å². The maximum atomic E-state index is 11.6. The third kappa shape index (κ3) is 5.74. The summed E-state index contributed by atoms with van der Waals surface area (Å²) in [5.74, 6) is 0.161. The van der Waals surface area contributed by atoms with E-state index in [1.807, 2.05) is 6.08 Å². The van der Waals surface area contributed by atoms with Gasteiger partial charge in [0.2, 0.25) is 5.91 Å². The van der Waals surface area contributed by atoms with Crippen LogP contribution in [0.25, 0.3) is 0 Å². The van der Waals surface area contributed by atoms with Crippen molar-refractivity contribution in [3.05, 3.63) is 23.9 Å². The summed E-state index contributed by atoms with van der Waals surface area (Å²) in [6.07, 6.45) is 15.0. The molecule has 0 aromatic rings. The number of unbranched alkanes of at least 4 members (excludes halogenated alkanes) is 4. The maximum Gasteiger partial charge on any atom is 0.224 e. The molecule has 0 atom stereocenters. The van der Waals surface area contributed by atoms with Gasteiger partial charge in [0.1, 0.15) is 0 Å². The molecule has 0 spiro atoms. The fourth-order valence-corrected chi connectivity index (χ4v) is 1.82. The molecule has 0 fully saturated rings. The number of rotatable bonds is 7. The fourth-order valence-electron chi connectivity index (χ4n) is 1.82. The highest BCUT2D eigenvalue weighted by Crippen LogP contribution is 2.08. The van der Waals surface area contributed by atoms with E-state index in [0.29, 0.717) is 6.42 Å². The van der Waals surface area contributed by atoms with E-state index >= 15 is 0 Å². The monoisotopic (exact) mass is 221 g/mol. The van der Waals surface area contributed by atoms with Crippen molar-refractivity contribution in [2.45, 2.75) is 58.3 Å². The molecule has 16 heavy (non-hydrogen) atoms. The molecule has 1 N–H and O–H groups in total. The second-order valence-electron chi connectivity index (χ2n) is 4.35. The highest BCUT2D eigenvalue weighted by Gasteiger charge is 2.03. The normalized spacial score (nSPS) is 14.7. The SMILES string of the molecule is CCCCCCCC(=O)NC1=CCCC=C1. The van der Waals surface area contributed by atoms with E-state index in [1.54, 1.807) is 0 Å². The van der Waals surface area contributed by atoms with Crippen LogP contribution in [0.1, 0.15) is 58.3 Å². The summed E-state index contributed by atoms with van der Waals surface area (Å²) in [5, 5.41) is 2.95. The number of carbonyl (C=O) groups excluding carboxylic acids is 1. The van der Waals surface area contributed by atoms with Gasteiger partial charge in [-0.2, -0.15) is 0 Å². The summed E-state index contributed by atoms with van der Waals surface area (Å²) >= 11 is 0. The van der Waals surface area contributed by atoms with Crippen molar-refractivity contribution >= 4 is 5.91 Å². The minimum absolute atomic E-state index is 0.161. The Hall–Kier alpha value is -1.05. The number of hydrogen-bond donors (Lipinski definition) is 1. The topological polar surface area (TPSA) is 29.1 Å². The van der Waals surface area contributed by atoms with Gasteiger partial charge in [-0.15, -0.1) is 0 Å². The zero-order valence-electron chi connectivity index (χ0n) is 10.3. The molecular weight excluding hydrogens is 198 g/mol. The molecule has 0 saturated heterocycles. The number of amides is 1. The molecule has 0 radical (unpaired) electrons. The van der Waals surface area contributed by atoms with Crippen LogP contribution in [0.3, 0.4) is 0 Å². The largest absolute Gasteiger partial charge is 0.326 e. The molecule has 1 rings (SSSR count). The van der Waals surface area contributed by atoms with Crippen LogP contribution < -0.4 is 5.32 Å². The van der Waals surface area contributed by atoms with Gasteiger partial charge < -0.3 is 5.32 Å². The van der Waals surface area contributed by atoms with Crippen LogP contribution in [0.2, 0.25) is 0 Å². The van der Waals surface area contributed by atoms with E-state index in [1.165, 1.54) is 25.7 Å². The van der Waals surface area contributed by atoms with Crippen LogP contribution >= 0.6 is 0 Å². The number of nitrogens with one attached hydrogen (secondary N) is 1. The maximum absolute atomic E-state index is 11.6. The van der Waals surface area contributed by atoms with Gasteiger partial charge in [-0.25, -0.2) is 0 Å². The van der Waals surface area contributed by atoms with Gasteiger partial charge in [0, 0.05) is 12.1 Å². The summed E-state index contributed by atoms with van der Waals surface area (Å²) in [4.78, 5) is 11.6. The van der Waals surface area contributed by atoms with Crippen molar-refractivity contribution in [3.63, 3.8) is 0 Å². The van der Waals surface area contributed by atoms with Gasteiger partial charge in [0.15, 0.2) is 0 Å². The molecule has 2 heteroatoms. The molecule has 1 aliphatic carbocycles. The summed E-state index contributed by atoms with van der Waals surface area (Å²) in [7, 11) is 0. The highest BCUT2D eigenvalue weighted by atomic mass is 16.1. The lowest BCUT2D eigenvalue weighted by molar-refractivity contribution is -0.120. The van der Waals surface area contributed by atoms with Gasteiger partial charge >= 0.3 is 0 Å². The number of carbonyl (C=O) groups is 1. The molecule has 0 heterocycles.